The highest BCUT2D eigenvalue weighted by atomic mass is 31.0. The molecule has 1 aliphatic rings. The van der Waals surface area contributed by atoms with Crippen LogP contribution in [0.3, 0.4) is 0 Å². The molecule has 2 atom stereocenters. The summed E-state index contributed by atoms with van der Waals surface area (Å²) in [4.78, 5) is 23.4. The molecule has 0 radical (unpaired) electrons. The van der Waals surface area contributed by atoms with Gasteiger partial charge in [0.25, 0.3) is 0 Å². The summed E-state index contributed by atoms with van der Waals surface area (Å²) in [5.41, 5.74) is -0.651. The Morgan fingerprint density at radius 3 is 2.95 bits per heavy atom. The summed E-state index contributed by atoms with van der Waals surface area (Å²) in [5.74, 6) is -1.85. The van der Waals surface area contributed by atoms with Gasteiger partial charge in [0.1, 0.15) is 12.2 Å². The van der Waals surface area contributed by atoms with E-state index in [2.05, 4.69) is 9.24 Å². The lowest BCUT2D eigenvalue weighted by Gasteiger charge is -2.27. The predicted octanol–water partition coefficient (Wildman–Crippen LogP) is 1.29. The van der Waals surface area contributed by atoms with E-state index in [1.54, 1.807) is 4.57 Å². The highest BCUT2D eigenvalue weighted by Crippen LogP contribution is 2.33. The number of halogens is 1. The second-order valence-corrected chi connectivity index (χ2v) is 5.37. The fourth-order valence-electron chi connectivity index (χ4n) is 2.40. The van der Waals surface area contributed by atoms with Crippen LogP contribution in [-0.4, -0.2) is 22.2 Å². The van der Waals surface area contributed by atoms with Crippen molar-refractivity contribution in [2.24, 2.45) is 0 Å². The molecule has 5 nitrogen and oxygen atoms in total. The molecule has 0 amide bonds. The van der Waals surface area contributed by atoms with Gasteiger partial charge >= 0.3 is 5.97 Å². The first-order chi connectivity index (χ1) is 9.41. The van der Waals surface area contributed by atoms with Crippen LogP contribution in [-0.2, 0) is 0 Å². The van der Waals surface area contributed by atoms with E-state index in [1.807, 2.05) is 6.92 Å². The third-order valence-electron chi connectivity index (χ3n) is 3.41. The Hall–Kier alpha value is -1.94. The highest BCUT2D eigenvalue weighted by molar-refractivity contribution is 7.27. The normalized spacial score (nSPS) is 17.1. The Morgan fingerprint density at radius 2 is 2.30 bits per heavy atom. The molecule has 1 aromatic heterocycles. The van der Waals surface area contributed by atoms with Crippen molar-refractivity contribution in [2.45, 2.75) is 13.0 Å². The van der Waals surface area contributed by atoms with Gasteiger partial charge in [-0.05, 0) is 13.0 Å². The number of hydrogen-bond acceptors (Lipinski definition) is 3. The SMILES string of the molecule is C[C@H]1COc2c(F)c(P)cc3c(=O)c(C(=O)O)cn1c23. The average Bonchev–Trinajstić information content (AvgIpc) is 2.39. The fraction of sp³-hybridized carbons (Fsp3) is 0.231. The van der Waals surface area contributed by atoms with Crippen molar-refractivity contribution < 1.29 is 19.0 Å². The third kappa shape index (κ3) is 1.64. The van der Waals surface area contributed by atoms with Crippen LogP contribution >= 0.6 is 9.24 Å². The topological polar surface area (TPSA) is 68.5 Å². The van der Waals surface area contributed by atoms with Crippen molar-refractivity contribution in [3.63, 3.8) is 0 Å². The van der Waals surface area contributed by atoms with Gasteiger partial charge in [0.2, 0.25) is 5.43 Å². The fourth-order valence-corrected chi connectivity index (χ4v) is 2.70. The maximum absolute atomic E-state index is 14.1. The van der Waals surface area contributed by atoms with Gasteiger partial charge in [-0.3, -0.25) is 4.79 Å². The lowest BCUT2D eigenvalue weighted by molar-refractivity contribution is 0.0694. The Labute approximate surface area is 115 Å². The monoisotopic (exact) mass is 295 g/mol. The van der Waals surface area contributed by atoms with Crippen LogP contribution in [0.25, 0.3) is 10.9 Å². The highest BCUT2D eigenvalue weighted by Gasteiger charge is 2.26. The molecule has 0 saturated heterocycles. The van der Waals surface area contributed by atoms with E-state index in [1.165, 1.54) is 12.3 Å². The van der Waals surface area contributed by atoms with Crippen molar-refractivity contribution in [3.05, 3.63) is 33.9 Å². The maximum atomic E-state index is 14.1. The number of ether oxygens (including phenoxy) is 1. The molecule has 1 aromatic carbocycles. The standard InChI is InChI=1S/C13H11FNO4P/c1-5-4-19-12-9(14)8(20)2-6-10(12)15(5)3-7(11(6)16)13(17)18/h2-3,5H,4,20H2,1H3,(H,17,18)/t5-/m0/s1. The minimum atomic E-state index is -1.30. The van der Waals surface area contributed by atoms with Crippen LogP contribution in [0.1, 0.15) is 23.3 Å². The molecule has 7 heteroatoms. The van der Waals surface area contributed by atoms with Crippen LogP contribution < -0.4 is 15.5 Å². The number of pyridine rings is 1. The van der Waals surface area contributed by atoms with Crippen LogP contribution in [0, 0.1) is 5.82 Å². The second kappa shape index (κ2) is 4.28. The lowest BCUT2D eigenvalue weighted by atomic mass is 10.1. The van der Waals surface area contributed by atoms with Crippen LogP contribution in [0.4, 0.5) is 4.39 Å². The zero-order chi connectivity index (χ0) is 14.6. The molecule has 3 rings (SSSR count). The summed E-state index contributed by atoms with van der Waals surface area (Å²) in [6, 6.07) is 1.16. The van der Waals surface area contributed by atoms with Gasteiger partial charge in [0, 0.05) is 11.5 Å². The molecule has 0 saturated carbocycles. The summed E-state index contributed by atoms with van der Waals surface area (Å²) >= 11 is 0. The quantitative estimate of drug-likeness (QED) is 0.805. The van der Waals surface area contributed by atoms with Gasteiger partial charge in [0.05, 0.1) is 16.9 Å². The van der Waals surface area contributed by atoms with E-state index < -0.39 is 17.2 Å². The Balaban J connectivity index is 2.57. The van der Waals surface area contributed by atoms with Crippen LogP contribution in [0.15, 0.2) is 17.1 Å². The molecule has 1 aliphatic heterocycles. The van der Waals surface area contributed by atoms with E-state index in [0.29, 0.717) is 5.52 Å². The Bertz CT molecular complexity index is 814. The van der Waals surface area contributed by atoms with Crippen molar-refractivity contribution in [3.8, 4) is 5.75 Å². The smallest absolute Gasteiger partial charge is 0.341 e. The second-order valence-electron chi connectivity index (χ2n) is 4.75. The molecule has 0 fully saturated rings. The van der Waals surface area contributed by atoms with Crippen molar-refractivity contribution in [1.82, 2.24) is 4.57 Å². The molecule has 20 heavy (non-hydrogen) atoms. The number of aromatic nitrogens is 1. The van der Waals surface area contributed by atoms with E-state index in [4.69, 9.17) is 9.84 Å². The average molecular weight is 295 g/mol. The molecule has 1 N–H and O–H groups in total. The minimum absolute atomic E-state index is 0.000334. The van der Waals surface area contributed by atoms with Gasteiger partial charge in [-0.1, -0.05) is 0 Å². The molecular weight excluding hydrogens is 284 g/mol. The zero-order valence-corrected chi connectivity index (χ0v) is 11.7. The molecule has 104 valence electrons. The Kier molecular flexibility index (Phi) is 2.80. The van der Waals surface area contributed by atoms with E-state index in [9.17, 15) is 14.0 Å². The van der Waals surface area contributed by atoms with Gasteiger partial charge in [0.15, 0.2) is 11.6 Å². The summed E-state index contributed by atoms with van der Waals surface area (Å²) in [7, 11) is 2.18. The zero-order valence-electron chi connectivity index (χ0n) is 10.5. The number of carboxylic acid groups (broad SMARTS) is 1. The number of carbonyl (C=O) groups is 1. The number of rotatable bonds is 1. The van der Waals surface area contributed by atoms with Gasteiger partial charge in [-0.25, -0.2) is 9.18 Å². The minimum Gasteiger partial charge on any atom is -0.486 e. The maximum Gasteiger partial charge on any atom is 0.341 e. The van der Waals surface area contributed by atoms with Gasteiger partial charge in [-0.2, -0.15) is 0 Å². The first-order valence-electron chi connectivity index (χ1n) is 5.94. The van der Waals surface area contributed by atoms with Crippen molar-refractivity contribution in [1.29, 1.82) is 0 Å². The molecule has 1 unspecified atom stereocenters. The van der Waals surface area contributed by atoms with Gasteiger partial charge in [-0.15, -0.1) is 9.24 Å². The first kappa shape index (κ1) is 13.1. The lowest BCUT2D eigenvalue weighted by Crippen LogP contribution is -2.28. The summed E-state index contributed by atoms with van der Waals surface area (Å²) in [5, 5.41) is 9.44. The number of carboxylic acids is 1. The molecular formula is C13H11FNO4P. The Morgan fingerprint density at radius 1 is 1.60 bits per heavy atom. The summed E-state index contributed by atoms with van der Waals surface area (Å²) in [6.07, 6.45) is 1.26. The number of hydrogen-bond donors (Lipinski definition) is 1. The van der Waals surface area contributed by atoms with E-state index in [0.717, 1.165) is 0 Å². The van der Waals surface area contributed by atoms with Gasteiger partial charge < -0.3 is 14.4 Å². The third-order valence-corrected chi connectivity index (χ3v) is 3.83. The summed E-state index contributed by atoms with van der Waals surface area (Å²) in [6.45, 7) is 2.03. The first-order valence-corrected chi connectivity index (χ1v) is 6.52. The van der Waals surface area contributed by atoms with E-state index >= 15 is 0 Å². The van der Waals surface area contributed by atoms with Crippen molar-refractivity contribution in [2.75, 3.05) is 6.61 Å². The number of benzene rings is 1. The number of aromatic carboxylic acids is 1. The van der Waals surface area contributed by atoms with Crippen LogP contribution in [0.5, 0.6) is 5.75 Å². The van der Waals surface area contributed by atoms with Crippen molar-refractivity contribution >= 4 is 31.4 Å². The predicted molar refractivity (Wildman–Crippen MR) is 74.7 cm³/mol. The van der Waals surface area contributed by atoms with Crippen LogP contribution in [0.2, 0.25) is 0 Å². The largest absolute Gasteiger partial charge is 0.486 e. The van der Waals surface area contributed by atoms with E-state index in [-0.39, 0.29) is 34.7 Å². The molecule has 2 aromatic rings. The molecule has 0 aliphatic carbocycles. The molecule has 0 bridgehead atoms. The number of nitrogens with zero attached hydrogens (tertiary/aromatic N) is 1. The molecule has 0 spiro atoms. The molecule has 2 heterocycles. The summed E-state index contributed by atoms with van der Waals surface area (Å²) < 4.78 is 21.1.